The van der Waals surface area contributed by atoms with E-state index in [0.717, 1.165) is 5.56 Å². The highest BCUT2D eigenvalue weighted by Crippen LogP contribution is 2.27. The van der Waals surface area contributed by atoms with E-state index in [-0.39, 0.29) is 23.4 Å². The number of piperidine rings is 1. The third kappa shape index (κ3) is 6.79. The fourth-order valence-electron chi connectivity index (χ4n) is 3.77. The Hall–Kier alpha value is -1.89. The molecule has 1 aliphatic heterocycles. The predicted octanol–water partition coefficient (Wildman–Crippen LogP) is 4.46. The van der Waals surface area contributed by atoms with E-state index in [9.17, 15) is 18.0 Å². The molecule has 31 heavy (non-hydrogen) atoms. The first-order chi connectivity index (χ1) is 14.7. The monoisotopic (exact) mass is 481 g/mol. The fourth-order valence-corrected chi connectivity index (χ4v) is 5.35. The summed E-state index contributed by atoms with van der Waals surface area (Å²) in [7, 11) is -3.47. The summed E-state index contributed by atoms with van der Waals surface area (Å²) >= 11 is 11.9. The third-order valence-corrected chi connectivity index (χ3v) is 7.87. The highest BCUT2D eigenvalue weighted by atomic mass is 35.5. The Morgan fingerprint density at radius 1 is 0.968 bits per heavy atom. The Morgan fingerprint density at radius 3 is 2.29 bits per heavy atom. The van der Waals surface area contributed by atoms with Crippen LogP contribution in [0.25, 0.3) is 0 Å². The van der Waals surface area contributed by atoms with E-state index in [4.69, 9.17) is 23.2 Å². The van der Waals surface area contributed by atoms with Crippen LogP contribution >= 0.6 is 23.2 Å². The van der Waals surface area contributed by atoms with Gasteiger partial charge >= 0.3 is 0 Å². The third-order valence-electron chi connectivity index (χ3n) is 5.53. The molecule has 5 nitrogen and oxygen atoms in total. The maximum Gasteiger partial charge on any atom is 0.237 e. The average Bonchev–Trinajstić information content (AvgIpc) is 2.75. The predicted molar refractivity (Wildman–Crippen MR) is 124 cm³/mol. The van der Waals surface area contributed by atoms with Gasteiger partial charge in [0.2, 0.25) is 5.91 Å². The van der Waals surface area contributed by atoms with Crippen LogP contribution in [0.4, 0.5) is 0 Å². The average molecular weight is 482 g/mol. The molecule has 8 heteroatoms. The van der Waals surface area contributed by atoms with E-state index >= 15 is 0 Å². The van der Waals surface area contributed by atoms with Gasteiger partial charge in [-0.2, -0.15) is 0 Å². The number of sulfone groups is 1. The van der Waals surface area contributed by atoms with Crippen molar-refractivity contribution in [2.45, 2.75) is 25.7 Å². The van der Waals surface area contributed by atoms with Crippen molar-refractivity contribution in [1.29, 1.82) is 0 Å². The van der Waals surface area contributed by atoms with Gasteiger partial charge in [-0.3, -0.25) is 9.59 Å². The zero-order valence-corrected chi connectivity index (χ0v) is 19.4. The van der Waals surface area contributed by atoms with Crippen molar-refractivity contribution >= 4 is 44.7 Å². The minimum atomic E-state index is -3.47. The summed E-state index contributed by atoms with van der Waals surface area (Å²) in [6.07, 6.45) is 2.15. The molecule has 2 aromatic rings. The largest absolute Gasteiger partial charge is 0.342 e. The Kier molecular flexibility index (Phi) is 8.14. The first-order valence-electron chi connectivity index (χ1n) is 10.3. The van der Waals surface area contributed by atoms with Gasteiger partial charge in [0, 0.05) is 24.6 Å². The number of hydrogen-bond acceptors (Lipinski definition) is 4. The van der Waals surface area contributed by atoms with Crippen LogP contribution in [-0.4, -0.2) is 49.6 Å². The van der Waals surface area contributed by atoms with Crippen LogP contribution in [0.5, 0.6) is 0 Å². The minimum absolute atomic E-state index is 0.0140. The molecule has 2 aromatic carbocycles. The summed E-state index contributed by atoms with van der Waals surface area (Å²) in [6, 6.07) is 14.5. The molecule has 0 N–H and O–H groups in total. The summed E-state index contributed by atoms with van der Waals surface area (Å²) in [5, 5.41) is 0.723. The van der Waals surface area contributed by atoms with Crippen LogP contribution in [0.15, 0.2) is 48.5 Å². The van der Waals surface area contributed by atoms with Crippen LogP contribution in [-0.2, 0) is 21.1 Å². The lowest BCUT2D eigenvalue weighted by atomic mass is 9.89. The summed E-state index contributed by atoms with van der Waals surface area (Å²) in [5.74, 6) is -1.13. The molecule has 3 rings (SSSR count). The van der Waals surface area contributed by atoms with Crippen molar-refractivity contribution < 1.29 is 18.0 Å². The molecule has 0 atom stereocenters. The Morgan fingerprint density at radius 2 is 1.65 bits per heavy atom. The summed E-state index contributed by atoms with van der Waals surface area (Å²) in [6.45, 7) is 0.742. The Labute approximate surface area is 193 Å². The summed E-state index contributed by atoms with van der Waals surface area (Å²) in [4.78, 5) is 26.8. The molecule has 0 saturated carbocycles. The van der Waals surface area contributed by atoms with Gasteiger partial charge < -0.3 is 4.90 Å². The maximum absolute atomic E-state index is 12.7. The lowest BCUT2D eigenvalue weighted by Gasteiger charge is -2.31. The second-order valence-corrected chi connectivity index (χ2v) is 10.8. The van der Waals surface area contributed by atoms with E-state index in [1.54, 1.807) is 23.1 Å². The number of ketones is 1. The highest BCUT2D eigenvalue weighted by Gasteiger charge is 2.30. The standard InChI is InChI=1S/C23H25Cl2NO4S/c24-20-9-8-19(15-21(20)25)23(28)18-10-12-26(13-11-18)22(27)16-31(29,30)14-4-7-17-5-2-1-3-6-17/h1-3,5-6,8-9,15,18H,4,7,10-14,16H2. The quantitative estimate of drug-likeness (QED) is 0.521. The van der Waals surface area contributed by atoms with Gasteiger partial charge in [0.15, 0.2) is 15.6 Å². The number of carbonyl (C=O) groups is 2. The number of amides is 1. The van der Waals surface area contributed by atoms with Crippen molar-refractivity contribution in [1.82, 2.24) is 4.90 Å². The number of rotatable bonds is 8. The van der Waals surface area contributed by atoms with Gasteiger partial charge in [0.1, 0.15) is 5.75 Å². The van der Waals surface area contributed by atoms with Crippen LogP contribution in [0.1, 0.15) is 35.2 Å². The van der Waals surface area contributed by atoms with Crippen LogP contribution in [0, 0.1) is 5.92 Å². The molecule has 1 fully saturated rings. The Balaban J connectivity index is 1.46. The molecule has 1 aliphatic rings. The topological polar surface area (TPSA) is 71.5 Å². The van der Waals surface area contributed by atoms with Crippen LogP contribution in [0.2, 0.25) is 10.0 Å². The lowest BCUT2D eigenvalue weighted by Crippen LogP contribution is -2.43. The number of aryl methyl sites for hydroxylation is 1. The molecule has 166 valence electrons. The molecular formula is C23H25Cl2NO4S. The highest BCUT2D eigenvalue weighted by molar-refractivity contribution is 7.92. The van der Waals surface area contributed by atoms with E-state index in [1.165, 1.54) is 0 Å². The van der Waals surface area contributed by atoms with E-state index < -0.39 is 15.6 Å². The number of halogens is 2. The van der Waals surface area contributed by atoms with Crippen LogP contribution in [0.3, 0.4) is 0 Å². The van der Waals surface area contributed by atoms with Gasteiger partial charge in [-0.15, -0.1) is 0 Å². The molecule has 0 unspecified atom stereocenters. The van der Waals surface area contributed by atoms with Gasteiger partial charge in [-0.1, -0.05) is 53.5 Å². The minimum Gasteiger partial charge on any atom is -0.342 e. The zero-order chi connectivity index (χ0) is 22.4. The number of nitrogens with zero attached hydrogens (tertiary/aromatic N) is 1. The summed E-state index contributed by atoms with van der Waals surface area (Å²) in [5.41, 5.74) is 1.58. The van der Waals surface area contributed by atoms with Crippen molar-refractivity contribution in [3.05, 3.63) is 69.7 Å². The summed E-state index contributed by atoms with van der Waals surface area (Å²) < 4.78 is 24.7. The van der Waals surface area contributed by atoms with Crippen molar-refractivity contribution in [3.8, 4) is 0 Å². The SMILES string of the molecule is O=C(c1ccc(Cl)c(Cl)c1)C1CCN(C(=O)CS(=O)(=O)CCCc2ccccc2)CC1. The second kappa shape index (κ2) is 10.6. The molecule has 1 saturated heterocycles. The van der Waals surface area contributed by atoms with Gasteiger partial charge in [0.05, 0.1) is 15.8 Å². The fraction of sp³-hybridized carbons (Fsp3) is 0.391. The second-order valence-electron chi connectivity index (χ2n) is 7.83. The zero-order valence-electron chi connectivity index (χ0n) is 17.1. The smallest absolute Gasteiger partial charge is 0.237 e. The molecule has 0 spiro atoms. The first-order valence-corrected chi connectivity index (χ1v) is 12.8. The van der Waals surface area contributed by atoms with Gasteiger partial charge in [-0.25, -0.2) is 8.42 Å². The van der Waals surface area contributed by atoms with E-state index in [1.807, 2.05) is 30.3 Å². The van der Waals surface area contributed by atoms with Gasteiger partial charge in [0.25, 0.3) is 0 Å². The lowest BCUT2D eigenvalue weighted by molar-refractivity contribution is -0.129. The number of Topliss-reactive ketones (excluding diaryl/α,β-unsaturated/α-hetero) is 1. The normalized spacial score (nSPS) is 15.1. The molecular weight excluding hydrogens is 457 g/mol. The van der Waals surface area contributed by atoms with E-state index in [0.29, 0.717) is 54.4 Å². The molecule has 0 aromatic heterocycles. The number of benzene rings is 2. The van der Waals surface area contributed by atoms with Crippen molar-refractivity contribution in [2.75, 3.05) is 24.6 Å². The first kappa shape index (κ1) is 23.8. The Bertz CT molecular complexity index is 1030. The van der Waals surface area contributed by atoms with Crippen molar-refractivity contribution in [3.63, 3.8) is 0 Å². The molecule has 0 aliphatic carbocycles. The van der Waals surface area contributed by atoms with Gasteiger partial charge in [-0.05, 0) is 49.4 Å². The van der Waals surface area contributed by atoms with Crippen molar-refractivity contribution in [2.24, 2.45) is 5.92 Å². The number of carbonyl (C=O) groups excluding carboxylic acids is 2. The maximum atomic E-state index is 12.7. The molecule has 0 bridgehead atoms. The molecule has 1 heterocycles. The number of hydrogen-bond donors (Lipinski definition) is 0. The number of likely N-dealkylation sites (tertiary alicyclic amines) is 1. The van der Waals surface area contributed by atoms with E-state index in [2.05, 4.69) is 0 Å². The van der Waals surface area contributed by atoms with Crippen LogP contribution < -0.4 is 0 Å². The molecule has 0 radical (unpaired) electrons. The molecule has 1 amide bonds.